The van der Waals surface area contributed by atoms with Gasteiger partial charge in [0.15, 0.2) is 6.29 Å². The molecule has 23 heavy (non-hydrogen) atoms. The third kappa shape index (κ3) is 4.19. The summed E-state index contributed by atoms with van der Waals surface area (Å²) in [6.07, 6.45) is 1.69. The van der Waals surface area contributed by atoms with Crippen LogP contribution in [0, 0.1) is 5.92 Å². The molecule has 0 aromatic heterocycles. The second-order valence-electron chi connectivity index (χ2n) is 6.28. The average molecular weight is 329 g/mol. The van der Waals surface area contributed by atoms with Gasteiger partial charge in [-0.15, -0.1) is 0 Å². The minimum absolute atomic E-state index is 0.0840. The third-order valence-electron chi connectivity index (χ3n) is 3.75. The van der Waals surface area contributed by atoms with Gasteiger partial charge in [0.1, 0.15) is 0 Å². The Bertz CT molecular complexity index is 698. The molecule has 0 fully saturated rings. The van der Waals surface area contributed by atoms with E-state index >= 15 is 0 Å². The van der Waals surface area contributed by atoms with E-state index in [1.807, 2.05) is 43.3 Å². The normalized spacial score (nSPS) is 15.1. The SMILES string of the molecule is CC(C)C[C@H](C)NP(=O)(c1ccccc1)c1ccccc1C=O. The van der Waals surface area contributed by atoms with Crippen LogP contribution in [0.4, 0.5) is 0 Å². The lowest BCUT2D eigenvalue weighted by molar-refractivity contribution is 0.112. The summed E-state index contributed by atoms with van der Waals surface area (Å²) < 4.78 is 13.9. The molecule has 2 aromatic rings. The van der Waals surface area contributed by atoms with Crippen LogP contribution >= 0.6 is 7.29 Å². The summed E-state index contributed by atoms with van der Waals surface area (Å²) >= 11 is 0. The van der Waals surface area contributed by atoms with Crippen molar-refractivity contribution in [2.45, 2.75) is 33.2 Å². The quantitative estimate of drug-likeness (QED) is 0.621. The van der Waals surface area contributed by atoms with Crippen LogP contribution in [0.1, 0.15) is 37.6 Å². The van der Waals surface area contributed by atoms with Crippen LogP contribution < -0.4 is 15.7 Å². The van der Waals surface area contributed by atoms with E-state index in [-0.39, 0.29) is 6.04 Å². The second kappa shape index (κ2) is 7.72. The van der Waals surface area contributed by atoms with Crippen molar-refractivity contribution in [2.24, 2.45) is 5.92 Å². The highest BCUT2D eigenvalue weighted by atomic mass is 31.2. The topological polar surface area (TPSA) is 46.2 Å². The molecule has 0 aliphatic rings. The van der Waals surface area contributed by atoms with Gasteiger partial charge in [-0.05, 0) is 37.5 Å². The monoisotopic (exact) mass is 329 g/mol. The lowest BCUT2D eigenvalue weighted by Gasteiger charge is -2.26. The van der Waals surface area contributed by atoms with Gasteiger partial charge in [-0.2, -0.15) is 0 Å². The van der Waals surface area contributed by atoms with Crippen LogP contribution in [0.25, 0.3) is 0 Å². The number of carbonyl (C=O) groups is 1. The molecule has 0 radical (unpaired) electrons. The highest BCUT2D eigenvalue weighted by Crippen LogP contribution is 2.40. The summed E-state index contributed by atoms with van der Waals surface area (Å²) in [5.74, 6) is 0.503. The summed E-state index contributed by atoms with van der Waals surface area (Å²) in [5.41, 5.74) is 0.476. The Morgan fingerprint density at radius 2 is 1.61 bits per heavy atom. The molecule has 3 nitrogen and oxygen atoms in total. The maximum Gasteiger partial charge on any atom is 0.205 e. The van der Waals surface area contributed by atoms with Gasteiger partial charge in [0.25, 0.3) is 0 Å². The fourth-order valence-electron chi connectivity index (χ4n) is 2.87. The van der Waals surface area contributed by atoms with Gasteiger partial charge in [0.05, 0.1) is 0 Å². The highest BCUT2D eigenvalue weighted by Gasteiger charge is 2.31. The van der Waals surface area contributed by atoms with Crippen molar-refractivity contribution in [3.63, 3.8) is 0 Å². The Hall–Kier alpha value is -1.70. The molecule has 0 aliphatic heterocycles. The molecule has 0 saturated heterocycles. The summed E-state index contributed by atoms with van der Waals surface area (Å²) in [4.78, 5) is 11.4. The molecule has 1 unspecified atom stereocenters. The number of rotatable bonds is 7. The van der Waals surface area contributed by atoms with E-state index in [2.05, 4.69) is 18.9 Å². The Balaban J connectivity index is 2.52. The first-order valence-corrected chi connectivity index (χ1v) is 9.66. The predicted octanol–water partition coefficient (Wildman–Crippen LogP) is 3.75. The molecule has 4 heteroatoms. The largest absolute Gasteiger partial charge is 0.298 e. The molecule has 2 aromatic carbocycles. The first-order chi connectivity index (χ1) is 11.0. The second-order valence-corrected chi connectivity index (χ2v) is 8.76. The fraction of sp³-hybridized carbons (Fsp3) is 0.316. The molecule has 0 spiro atoms. The van der Waals surface area contributed by atoms with Gasteiger partial charge < -0.3 is 0 Å². The highest BCUT2D eigenvalue weighted by molar-refractivity contribution is 7.77. The minimum atomic E-state index is -3.07. The molecule has 0 amide bonds. The van der Waals surface area contributed by atoms with Crippen LogP contribution in [0.3, 0.4) is 0 Å². The van der Waals surface area contributed by atoms with Gasteiger partial charge in [-0.25, -0.2) is 0 Å². The molecule has 0 heterocycles. The molecular weight excluding hydrogens is 305 g/mol. The van der Waals surface area contributed by atoms with Gasteiger partial charge in [0.2, 0.25) is 7.29 Å². The summed E-state index contributed by atoms with van der Waals surface area (Å²) in [6.45, 7) is 6.33. The zero-order valence-electron chi connectivity index (χ0n) is 13.9. The van der Waals surface area contributed by atoms with Crippen LogP contribution in [0.15, 0.2) is 54.6 Å². The minimum Gasteiger partial charge on any atom is -0.298 e. The summed E-state index contributed by atoms with van der Waals surface area (Å²) in [6, 6.07) is 16.6. The molecule has 122 valence electrons. The van der Waals surface area contributed by atoms with E-state index in [9.17, 15) is 9.36 Å². The number of hydrogen-bond acceptors (Lipinski definition) is 2. The van der Waals surface area contributed by atoms with Crippen LogP contribution in [-0.2, 0) is 4.57 Å². The Morgan fingerprint density at radius 1 is 1.00 bits per heavy atom. The van der Waals surface area contributed by atoms with Gasteiger partial charge in [0, 0.05) is 22.2 Å². The Morgan fingerprint density at radius 3 is 2.22 bits per heavy atom. The van der Waals surface area contributed by atoms with Crippen LogP contribution in [0.5, 0.6) is 0 Å². The zero-order chi connectivity index (χ0) is 16.9. The number of hydrogen-bond donors (Lipinski definition) is 1. The van der Waals surface area contributed by atoms with Crippen molar-refractivity contribution in [1.29, 1.82) is 0 Å². The maximum absolute atomic E-state index is 13.9. The van der Waals surface area contributed by atoms with E-state index < -0.39 is 7.29 Å². The number of carbonyl (C=O) groups excluding carboxylic acids is 1. The van der Waals surface area contributed by atoms with Crippen LogP contribution in [0.2, 0.25) is 0 Å². The van der Waals surface area contributed by atoms with Crippen LogP contribution in [-0.4, -0.2) is 12.3 Å². The van der Waals surface area contributed by atoms with Gasteiger partial charge >= 0.3 is 0 Å². The molecule has 2 rings (SSSR count). The first kappa shape index (κ1) is 17.7. The molecule has 1 N–H and O–H groups in total. The number of aldehydes is 1. The smallest absolute Gasteiger partial charge is 0.205 e. The van der Waals surface area contributed by atoms with Crippen molar-refractivity contribution < 1.29 is 9.36 Å². The Labute approximate surface area is 138 Å². The van der Waals surface area contributed by atoms with E-state index in [4.69, 9.17) is 0 Å². The molecule has 0 aliphatic carbocycles. The summed E-state index contributed by atoms with van der Waals surface area (Å²) in [5, 5.41) is 4.64. The van der Waals surface area contributed by atoms with Crippen molar-refractivity contribution in [1.82, 2.24) is 5.09 Å². The molecule has 0 saturated carbocycles. The summed E-state index contributed by atoms with van der Waals surface area (Å²) in [7, 11) is -3.07. The first-order valence-electron chi connectivity index (χ1n) is 7.95. The zero-order valence-corrected chi connectivity index (χ0v) is 14.8. The van der Waals surface area contributed by atoms with E-state index in [0.717, 1.165) is 18.0 Å². The fourth-order valence-corrected chi connectivity index (χ4v) is 5.54. The number of benzene rings is 2. The lowest BCUT2D eigenvalue weighted by atomic mass is 10.1. The van der Waals surface area contributed by atoms with Gasteiger partial charge in [-0.3, -0.25) is 14.4 Å². The lowest BCUT2D eigenvalue weighted by Crippen LogP contribution is -2.35. The van der Waals surface area contributed by atoms with Crippen molar-refractivity contribution in [3.8, 4) is 0 Å². The van der Waals surface area contributed by atoms with E-state index in [1.54, 1.807) is 18.2 Å². The van der Waals surface area contributed by atoms with Crippen molar-refractivity contribution in [2.75, 3.05) is 0 Å². The third-order valence-corrected chi connectivity index (χ3v) is 6.67. The molecule has 2 atom stereocenters. The average Bonchev–Trinajstić information content (AvgIpc) is 2.54. The number of nitrogens with one attached hydrogen (secondary N) is 1. The van der Waals surface area contributed by atoms with E-state index in [0.29, 0.717) is 16.8 Å². The Kier molecular flexibility index (Phi) is 5.92. The molecular formula is C19H24NO2P. The van der Waals surface area contributed by atoms with Crippen molar-refractivity contribution >= 4 is 24.2 Å². The van der Waals surface area contributed by atoms with Crippen molar-refractivity contribution in [3.05, 3.63) is 60.2 Å². The standard InChI is InChI=1S/C19H24NO2P/c1-15(2)13-16(3)20-23(22,18-10-5-4-6-11-18)19-12-8-7-9-17(19)14-21/h4-12,14-16H,13H2,1-3H3,(H,20,22)/t16-,23?/m0/s1. The van der Waals surface area contributed by atoms with Gasteiger partial charge in [-0.1, -0.05) is 50.2 Å². The predicted molar refractivity (Wildman–Crippen MR) is 97.2 cm³/mol. The maximum atomic E-state index is 13.9. The van der Waals surface area contributed by atoms with E-state index in [1.165, 1.54) is 0 Å². The molecule has 0 bridgehead atoms.